The SMILES string of the molecule is NC(=O)Cn1cc(NC(=O)N2CCc3ccccc3C2)cn1. The molecule has 7 nitrogen and oxygen atoms in total. The Morgan fingerprint density at radius 1 is 1.27 bits per heavy atom. The molecule has 0 unspecified atom stereocenters. The quantitative estimate of drug-likeness (QED) is 0.884. The molecular formula is C15H17N5O2. The summed E-state index contributed by atoms with van der Waals surface area (Å²) in [6.45, 7) is 1.27. The summed E-state index contributed by atoms with van der Waals surface area (Å²) in [6, 6.07) is 7.96. The van der Waals surface area contributed by atoms with E-state index in [1.807, 2.05) is 18.2 Å². The molecule has 1 aliphatic heterocycles. The maximum absolute atomic E-state index is 12.3. The molecule has 0 atom stereocenters. The van der Waals surface area contributed by atoms with Crippen LogP contribution in [-0.4, -0.2) is 33.2 Å². The number of hydrogen-bond acceptors (Lipinski definition) is 3. The van der Waals surface area contributed by atoms with Crippen LogP contribution in [0.1, 0.15) is 11.1 Å². The molecule has 0 fully saturated rings. The minimum Gasteiger partial charge on any atom is -0.368 e. The molecule has 2 heterocycles. The molecule has 0 spiro atoms. The smallest absolute Gasteiger partial charge is 0.322 e. The fourth-order valence-corrected chi connectivity index (χ4v) is 2.55. The van der Waals surface area contributed by atoms with E-state index in [-0.39, 0.29) is 12.6 Å². The van der Waals surface area contributed by atoms with Crippen LogP contribution in [0.4, 0.5) is 10.5 Å². The molecule has 3 amide bonds. The number of carbonyl (C=O) groups is 2. The predicted molar refractivity (Wildman–Crippen MR) is 81.0 cm³/mol. The summed E-state index contributed by atoms with van der Waals surface area (Å²) in [4.78, 5) is 24.9. The lowest BCUT2D eigenvalue weighted by molar-refractivity contribution is -0.118. The van der Waals surface area contributed by atoms with E-state index in [1.165, 1.54) is 22.0 Å². The third-order valence-corrected chi connectivity index (χ3v) is 3.62. The Kier molecular flexibility index (Phi) is 3.78. The van der Waals surface area contributed by atoms with Crippen LogP contribution in [0.15, 0.2) is 36.7 Å². The van der Waals surface area contributed by atoms with Gasteiger partial charge in [0.05, 0.1) is 11.9 Å². The van der Waals surface area contributed by atoms with Crippen molar-refractivity contribution in [1.29, 1.82) is 0 Å². The van der Waals surface area contributed by atoms with Gasteiger partial charge in [0.2, 0.25) is 5.91 Å². The van der Waals surface area contributed by atoms with E-state index in [2.05, 4.69) is 16.5 Å². The van der Waals surface area contributed by atoms with Gasteiger partial charge in [0.1, 0.15) is 6.54 Å². The summed E-state index contributed by atoms with van der Waals surface area (Å²) in [5, 5.41) is 6.76. The third kappa shape index (κ3) is 3.08. The number of rotatable bonds is 3. The number of urea groups is 1. The van der Waals surface area contributed by atoms with Crippen molar-refractivity contribution < 1.29 is 9.59 Å². The number of benzene rings is 1. The van der Waals surface area contributed by atoms with Gasteiger partial charge in [-0.05, 0) is 17.5 Å². The summed E-state index contributed by atoms with van der Waals surface area (Å²) >= 11 is 0. The van der Waals surface area contributed by atoms with Gasteiger partial charge in [-0.15, -0.1) is 0 Å². The number of nitrogens with zero attached hydrogens (tertiary/aromatic N) is 3. The van der Waals surface area contributed by atoms with Crippen LogP contribution in [0.3, 0.4) is 0 Å². The first-order valence-electron chi connectivity index (χ1n) is 7.05. The monoisotopic (exact) mass is 299 g/mol. The standard InChI is InChI=1S/C15H17N5O2/c16-14(21)10-20-9-13(7-17-20)18-15(22)19-6-5-11-3-1-2-4-12(11)8-19/h1-4,7,9H,5-6,8,10H2,(H2,16,21)(H,18,22). The first-order chi connectivity index (χ1) is 10.6. The molecule has 0 saturated heterocycles. The van der Waals surface area contributed by atoms with Crippen LogP contribution < -0.4 is 11.1 Å². The molecular weight excluding hydrogens is 282 g/mol. The Hall–Kier alpha value is -2.83. The zero-order chi connectivity index (χ0) is 15.5. The van der Waals surface area contributed by atoms with Gasteiger partial charge >= 0.3 is 6.03 Å². The first kappa shape index (κ1) is 14.1. The van der Waals surface area contributed by atoms with E-state index in [0.717, 1.165) is 6.42 Å². The largest absolute Gasteiger partial charge is 0.368 e. The lowest BCUT2D eigenvalue weighted by Crippen LogP contribution is -2.38. The Morgan fingerprint density at radius 2 is 2.05 bits per heavy atom. The molecule has 0 saturated carbocycles. The van der Waals surface area contributed by atoms with Crippen LogP contribution in [-0.2, 0) is 24.3 Å². The second-order valence-corrected chi connectivity index (χ2v) is 5.26. The van der Waals surface area contributed by atoms with Crippen molar-refractivity contribution in [3.05, 3.63) is 47.8 Å². The van der Waals surface area contributed by atoms with Gasteiger partial charge < -0.3 is 16.0 Å². The summed E-state index contributed by atoms with van der Waals surface area (Å²) in [5.74, 6) is -0.478. The number of amides is 3. The van der Waals surface area contributed by atoms with Gasteiger partial charge in [-0.25, -0.2) is 4.79 Å². The topological polar surface area (TPSA) is 93.2 Å². The Bertz CT molecular complexity index is 709. The fraction of sp³-hybridized carbons (Fsp3) is 0.267. The zero-order valence-corrected chi connectivity index (χ0v) is 12.0. The number of aromatic nitrogens is 2. The maximum Gasteiger partial charge on any atom is 0.322 e. The molecule has 22 heavy (non-hydrogen) atoms. The van der Waals surface area contributed by atoms with Crippen molar-refractivity contribution in [2.45, 2.75) is 19.5 Å². The summed E-state index contributed by atoms with van der Waals surface area (Å²) < 4.78 is 1.39. The van der Waals surface area contributed by atoms with Gasteiger partial charge in [0, 0.05) is 19.3 Å². The predicted octanol–water partition coefficient (Wildman–Crippen LogP) is 0.959. The van der Waals surface area contributed by atoms with Crippen LogP contribution in [0.2, 0.25) is 0 Å². The first-order valence-corrected chi connectivity index (χ1v) is 7.05. The molecule has 3 N–H and O–H groups in total. The van der Waals surface area contributed by atoms with Crippen molar-refractivity contribution in [3.63, 3.8) is 0 Å². The average Bonchev–Trinajstić information content (AvgIpc) is 2.93. The van der Waals surface area contributed by atoms with Gasteiger partial charge in [0.25, 0.3) is 0 Å². The molecule has 0 radical (unpaired) electrons. The molecule has 1 aromatic heterocycles. The number of anilines is 1. The highest BCUT2D eigenvalue weighted by atomic mass is 16.2. The van der Waals surface area contributed by atoms with E-state index in [0.29, 0.717) is 18.8 Å². The van der Waals surface area contributed by atoms with Crippen molar-refractivity contribution in [3.8, 4) is 0 Å². The van der Waals surface area contributed by atoms with Crippen molar-refractivity contribution in [2.75, 3.05) is 11.9 Å². The molecule has 0 bridgehead atoms. The third-order valence-electron chi connectivity index (χ3n) is 3.62. The van der Waals surface area contributed by atoms with Gasteiger partial charge in [-0.3, -0.25) is 9.48 Å². The number of carbonyl (C=O) groups excluding carboxylic acids is 2. The van der Waals surface area contributed by atoms with E-state index in [4.69, 9.17) is 5.73 Å². The number of nitrogens with one attached hydrogen (secondary N) is 1. The van der Waals surface area contributed by atoms with Gasteiger partial charge in [-0.2, -0.15) is 5.10 Å². The minimum absolute atomic E-state index is 0.00698. The van der Waals surface area contributed by atoms with E-state index in [9.17, 15) is 9.59 Å². The van der Waals surface area contributed by atoms with Crippen LogP contribution in [0.25, 0.3) is 0 Å². The number of primary amides is 1. The van der Waals surface area contributed by atoms with E-state index < -0.39 is 5.91 Å². The number of fused-ring (bicyclic) bond motifs is 1. The van der Waals surface area contributed by atoms with Crippen molar-refractivity contribution in [1.82, 2.24) is 14.7 Å². The highest BCUT2D eigenvalue weighted by Gasteiger charge is 2.20. The number of hydrogen-bond donors (Lipinski definition) is 2. The lowest BCUT2D eigenvalue weighted by Gasteiger charge is -2.28. The average molecular weight is 299 g/mol. The van der Waals surface area contributed by atoms with E-state index >= 15 is 0 Å². The highest BCUT2D eigenvalue weighted by molar-refractivity contribution is 5.89. The summed E-state index contributed by atoms with van der Waals surface area (Å²) in [6.07, 6.45) is 3.93. The maximum atomic E-state index is 12.3. The molecule has 2 aromatic rings. The summed E-state index contributed by atoms with van der Waals surface area (Å²) in [5.41, 5.74) is 8.11. The van der Waals surface area contributed by atoms with Gasteiger partial charge in [0.15, 0.2) is 0 Å². The highest BCUT2D eigenvalue weighted by Crippen LogP contribution is 2.19. The van der Waals surface area contributed by atoms with E-state index in [1.54, 1.807) is 11.1 Å². The Balaban J connectivity index is 1.63. The normalized spacial score (nSPS) is 13.5. The molecule has 7 heteroatoms. The minimum atomic E-state index is -0.478. The van der Waals surface area contributed by atoms with Crippen LogP contribution in [0, 0.1) is 0 Å². The number of nitrogens with two attached hydrogens (primary N) is 1. The summed E-state index contributed by atoms with van der Waals surface area (Å²) in [7, 11) is 0. The second-order valence-electron chi connectivity index (χ2n) is 5.26. The van der Waals surface area contributed by atoms with Crippen LogP contribution in [0.5, 0.6) is 0 Å². The molecule has 1 aliphatic rings. The molecule has 0 aliphatic carbocycles. The van der Waals surface area contributed by atoms with Crippen molar-refractivity contribution in [2.24, 2.45) is 5.73 Å². The van der Waals surface area contributed by atoms with Crippen LogP contribution >= 0.6 is 0 Å². The zero-order valence-electron chi connectivity index (χ0n) is 12.0. The lowest BCUT2D eigenvalue weighted by atomic mass is 10.0. The molecule has 3 rings (SSSR count). The Morgan fingerprint density at radius 3 is 2.82 bits per heavy atom. The van der Waals surface area contributed by atoms with Gasteiger partial charge in [-0.1, -0.05) is 24.3 Å². The molecule has 114 valence electrons. The Labute approximate surface area is 127 Å². The van der Waals surface area contributed by atoms with Crippen molar-refractivity contribution >= 4 is 17.6 Å². The molecule has 1 aromatic carbocycles. The fourth-order valence-electron chi connectivity index (χ4n) is 2.55. The second kappa shape index (κ2) is 5.88.